The molecular weight excluding hydrogens is 170 g/mol. The first-order chi connectivity index (χ1) is 6.11. The van der Waals surface area contributed by atoms with Crippen LogP contribution in [0, 0.1) is 0 Å². The van der Waals surface area contributed by atoms with E-state index in [2.05, 4.69) is 15.6 Å². The molecule has 0 aromatic carbocycles. The number of carbonyl (C=O) groups excluding carboxylic acids is 1. The molecular formula is C8H17N3O2. The first-order valence-electron chi connectivity index (χ1n) is 4.10. The van der Waals surface area contributed by atoms with Crippen LogP contribution in [0.4, 0.5) is 0 Å². The monoisotopic (exact) mass is 187 g/mol. The summed E-state index contributed by atoms with van der Waals surface area (Å²) in [5.41, 5.74) is 0. The SMILES string of the molecule is CNC(OC)C(C)/N=C\NC(C)=O. The Bertz CT molecular complexity index is 178. The maximum Gasteiger partial charge on any atom is 0.221 e. The maximum absolute atomic E-state index is 10.5. The summed E-state index contributed by atoms with van der Waals surface area (Å²) in [4.78, 5) is 14.5. The van der Waals surface area contributed by atoms with Crippen molar-refractivity contribution in [1.29, 1.82) is 0 Å². The molecule has 0 bridgehead atoms. The average molecular weight is 187 g/mol. The third kappa shape index (κ3) is 5.32. The molecule has 1 amide bonds. The summed E-state index contributed by atoms with van der Waals surface area (Å²) in [5.74, 6) is -0.130. The summed E-state index contributed by atoms with van der Waals surface area (Å²) in [7, 11) is 3.39. The van der Waals surface area contributed by atoms with Gasteiger partial charge in [-0.1, -0.05) is 0 Å². The zero-order valence-electron chi connectivity index (χ0n) is 8.50. The number of carbonyl (C=O) groups is 1. The van der Waals surface area contributed by atoms with Crippen LogP contribution >= 0.6 is 0 Å². The molecule has 0 saturated carbocycles. The van der Waals surface area contributed by atoms with Gasteiger partial charge in [0.25, 0.3) is 0 Å². The lowest BCUT2D eigenvalue weighted by atomic mass is 10.3. The lowest BCUT2D eigenvalue weighted by Crippen LogP contribution is -2.37. The summed E-state index contributed by atoms with van der Waals surface area (Å²) >= 11 is 0. The van der Waals surface area contributed by atoms with Gasteiger partial charge in [0.15, 0.2) is 0 Å². The minimum absolute atomic E-state index is 0.0400. The fourth-order valence-corrected chi connectivity index (χ4v) is 0.880. The Morgan fingerprint density at radius 2 is 2.23 bits per heavy atom. The van der Waals surface area contributed by atoms with Crippen molar-refractivity contribution < 1.29 is 9.53 Å². The van der Waals surface area contributed by atoms with E-state index < -0.39 is 0 Å². The van der Waals surface area contributed by atoms with Gasteiger partial charge in [-0.25, -0.2) is 0 Å². The van der Waals surface area contributed by atoms with E-state index in [9.17, 15) is 4.79 Å². The smallest absolute Gasteiger partial charge is 0.221 e. The van der Waals surface area contributed by atoms with Crippen LogP contribution in [0.2, 0.25) is 0 Å². The van der Waals surface area contributed by atoms with Crippen LogP contribution in [-0.2, 0) is 9.53 Å². The summed E-state index contributed by atoms with van der Waals surface area (Å²) < 4.78 is 5.08. The van der Waals surface area contributed by atoms with E-state index in [4.69, 9.17) is 4.74 Å². The van der Waals surface area contributed by atoms with Crippen LogP contribution in [0.25, 0.3) is 0 Å². The number of rotatable bonds is 5. The van der Waals surface area contributed by atoms with Gasteiger partial charge in [0.2, 0.25) is 5.91 Å². The molecule has 0 fully saturated rings. The van der Waals surface area contributed by atoms with Crippen molar-refractivity contribution >= 4 is 12.2 Å². The van der Waals surface area contributed by atoms with Gasteiger partial charge in [-0.05, 0) is 14.0 Å². The highest BCUT2D eigenvalue weighted by molar-refractivity contribution is 5.85. The Morgan fingerprint density at radius 3 is 2.62 bits per heavy atom. The number of aliphatic imine (C=N–C) groups is 1. The van der Waals surface area contributed by atoms with E-state index >= 15 is 0 Å². The van der Waals surface area contributed by atoms with Crippen LogP contribution in [0.1, 0.15) is 13.8 Å². The standard InChI is InChI=1S/C8H17N3O2/c1-6(8(9-3)13-4)10-5-11-7(2)12/h5-6,8-9H,1-4H3,(H,10,11,12). The predicted octanol–water partition coefficient (Wildman–Crippen LogP) is -0.269. The van der Waals surface area contributed by atoms with Gasteiger partial charge < -0.3 is 10.1 Å². The summed E-state index contributed by atoms with van der Waals surface area (Å²) in [6.07, 6.45) is 1.25. The van der Waals surface area contributed by atoms with E-state index in [0.29, 0.717) is 0 Å². The Morgan fingerprint density at radius 1 is 1.62 bits per heavy atom. The van der Waals surface area contributed by atoms with E-state index in [-0.39, 0.29) is 18.2 Å². The molecule has 2 unspecified atom stereocenters. The molecule has 5 nitrogen and oxygen atoms in total. The Labute approximate surface area is 78.6 Å². The van der Waals surface area contributed by atoms with E-state index in [0.717, 1.165) is 0 Å². The fourth-order valence-electron chi connectivity index (χ4n) is 0.880. The lowest BCUT2D eigenvalue weighted by molar-refractivity contribution is -0.117. The largest absolute Gasteiger partial charge is 0.364 e. The normalized spacial score (nSPS) is 15.7. The summed E-state index contributed by atoms with van der Waals surface area (Å²) in [5, 5.41) is 5.41. The van der Waals surface area contributed by atoms with Crippen molar-refractivity contribution in [3.63, 3.8) is 0 Å². The molecule has 0 radical (unpaired) electrons. The molecule has 76 valence electrons. The molecule has 0 aromatic rings. The number of likely N-dealkylation sites (N-methyl/N-ethyl adjacent to an activating group) is 1. The van der Waals surface area contributed by atoms with Gasteiger partial charge in [0.05, 0.1) is 12.4 Å². The average Bonchev–Trinajstić information content (AvgIpc) is 2.05. The molecule has 2 N–H and O–H groups in total. The van der Waals surface area contributed by atoms with Crippen molar-refractivity contribution in [1.82, 2.24) is 10.6 Å². The molecule has 0 saturated heterocycles. The molecule has 0 heterocycles. The van der Waals surface area contributed by atoms with Crippen LogP contribution < -0.4 is 10.6 Å². The first kappa shape index (κ1) is 12.1. The molecule has 0 aliphatic heterocycles. The molecule has 0 aliphatic carbocycles. The highest BCUT2D eigenvalue weighted by atomic mass is 16.5. The number of methoxy groups -OCH3 is 1. The van der Waals surface area contributed by atoms with Gasteiger partial charge in [-0.2, -0.15) is 0 Å². The Balaban J connectivity index is 3.89. The second-order valence-electron chi connectivity index (χ2n) is 2.66. The third-order valence-corrected chi connectivity index (χ3v) is 1.55. The van der Waals surface area contributed by atoms with E-state index in [1.807, 2.05) is 6.92 Å². The van der Waals surface area contributed by atoms with E-state index in [1.165, 1.54) is 13.3 Å². The van der Waals surface area contributed by atoms with Crippen LogP contribution in [-0.4, -0.2) is 38.7 Å². The lowest BCUT2D eigenvalue weighted by Gasteiger charge is -2.17. The topological polar surface area (TPSA) is 62.7 Å². The van der Waals surface area contributed by atoms with Gasteiger partial charge in [0, 0.05) is 14.0 Å². The first-order valence-corrected chi connectivity index (χ1v) is 4.10. The van der Waals surface area contributed by atoms with Crippen molar-refractivity contribution in [2.75, 3.05) is 14.2 Å². The van der Waals surface area contributed by atoms with Gasteiger partial charge in [0.1, 0.15) is 6.23 Å². The molecule has 0 aliphatic rings. The van der Waals surface area contributed by atoms with Crippen molar-refractivity contribution in [2.45, 2.75) is 26.1 Å². The third-order valence-electron chi connectivity index (χ3n) is 1.55. The number of hydrogen-bond donors (Lipinski definition) is 2. The Hall–Kier alpha value is -0.940. The second kappa shape index (κ2) is 6.56. The van der Waals surface area contributed by atoms with Crippen molar-refractivity contribution in [2.24, 2.45) is 4.99 Å². The number of hydrogen-bond acceptors (Lipinski definition) is 4. The molecule has 2 atom stereocenters. The van der Waals surface area contributed by atoms with Crippen LogP contribution in [0.15, 0.2) is 4.99 Å². The van der Waals surface area contributed by atoms with Gasteiger partial charge in [-0.3, -0.25) is 15.1 Å². The molecule has 5 heteroatoms. The van der Waals surface area contributed by atoms with E-state index in [1.54, 1.807) is 14.2 Å². The summed E-state index contributed by atoms with van der Waals surface area (Å²) in [6, 6.07) is -0.0400. The second-order valence-corrected chi connectivity index (χ2v) is 2.66. The molecule has 0 aromatic heterocycles. The molecule has 13 heavy (non-hydrogen) atoms. The molecule has 0 spiro atoms. The van der Waals surface area contributed by atoms with Gasteiger partial charge >= 0.3 is 0 Å². The quantitative estimate of drug-likeness (QED) is 0.354. The minimum Gasteiger partial charge on any atom is -0.364 e. The van der Waals surface area contributed by atoms with Crippen molar-refractivity contribution in [3.05, 3.63) is 0 Å². The molecule has 0 rings (SSSR count). The van der Waals surface area contributed by atoms with Crippen molar-refractivity contribution in [3.8, 4) is 0 Å². The van der Waals surface area contributed by atoms with Crippen LogP contribution in [0.3, 0.4) is 0 Å². The zero-order valence-corrected chi connectivity index (χ0v) is 8.50. The number of ether oxygens (including phenoxy) is 1. The maximum atomic E-state index is 10.5. The minimum atomic E-state index is -0.134. The summed E-state index contributed by atoms with van der Waals surface area (Å²) in [6.45, 7) is 3.32. The number of amides is 1. The fraction of sp³-hybridized carbons (Fsp3) is 0.750. The predicted molar refractivity (Wildman–Crippen MR) is 51.6 cm³/mol. The number of nitrogens with one attached hydrogen (secondary N) is 2. The zero-order chi connectivity index (χ0) is 10.3. The van der Waals surface area contributed by atoms with Gasteiger partial charge in [-0.15, -0.1) is 0 Å². The van der Waals surface area contributed by atoms with Crippen LogP contribution in [0.5, 0.6) is 0 Å². The highest BCUT2D eigenvalue weighted by Gasteiger charge is 2.11. The highest BCUT2D eigenvalue weighted by Crippen LogP contribution is 1.96. The Kier molecular flexibility index (Phi) is 6.09. The number of nitrogens with zero attached hydrogens (tertiary/aromatic N) is 1.